The van der Waals surface area contributed by atoms with E-state index in [1.54, 1.807) is 31.2 Å². The van der Waals surface area contributed by atoms with Crippen LogP contribution in [0.2, 0.25) is 5.02 Å². The Balaban J connectivity index is 2.60. The van der Waals surface area contributed by atoms with Crippen molar-refractivity contribution in [2.24, 2.45) is 0 Å². The fourth-order valence-corrected chi connectivity index (χ4v) is 2.13. The molecule has 0 amide bonds. The molecule has 0 spiro atoms. The topological polar surface area (TPSA) is 67.8 Å². The summed E-state index contributed by atoms with van der Waals surface area (Å²) in [6.45, 7) is 2.26. The number of rotatable bonds is 3. The van der Waals surface area contributed by atoms with Crippen LogP contribution in [0.3, 0.4) is 0 Å². The number of aryl methyl sites for hydroxylation is 1. The van der Waals surface area contributed by atoms with Crippen LogP contribution in [0.25, 0.3) is 0 Å². The molecule has 0 radical (unpaired) electrons. The Kier molecular flexibility index (Phi) is 4.06. The number of halogens is 1. The van der Waals surface area contributed by atoms with Gasteiger partial charge in [-0.05, 0) is 24.6 Å². The number of benzene rings is 1. The van der Waals surface area contributed by atoms with Crippen molar-refractivity contribution in [2.45, 2.75) is 20.0 Å². The maximum absolute atomic E-state index is 12.2. The van der Waals surface area contributed by atoms with Gasteiger partial charge in [0.15, 0.2) is 0 Å². The number of nitriles is 1. The van der Waals surface area contributed by atoms with Gasteiger partial charge in [-0.25, -0.2) is 4.79 Å². The van der Waals surface area contributed by atoms with Gasteiger partial charge in [0, 0.05) is 17.8 Å². The third-order valence-electron chi connectivity index (χ3n) is 2.93. The van der Waals surface area contributed by atoms with Gasteiger partial charge in [-0.15, -0.1) is 0 Å². The van der Waals surface area contributed by atoms with Crippen molar-refractivity contribution in [2.75, 3.05) is 0 Å². The van der Waals surface area contributed by atoms with Crippen molar-refractivity contribution < 1.29 is 0 Å². The summed E-state index contributed by atoms with van der Waals surface area (Å²) in [5.41, 5.74) is -0.332. The van der Waals surface area contributed by atoms with Gasteiger partial charge in [0.25, 0.3) is 5.56 Å². The molecule has 1 aromatic carbocycles. The van der Waals surface area contributed by atoms with Crippen molar-refractivity contribution in [3.63, 3.8) is 0 Å². The van der Waals surface area contributed by atoms with Crippen molar-refractivity contribution in [3.8, 4) is 6.07 Å². The molecule has 6 heteroatoms. The summed E-state index contributed by atoms with van der Waals surface area (Å²) in [6, 6.07) is 8.73. The Labute approximate surface area is 120 Å². The van der Waals surface area contributed by atoms with Crippen LogP contribution in [0.5, 0.6) is 0 Å². The monoisotopic (exact) mass is 289 g/mol. The smallest absolute Gasteiger partial charge is 0.299 e. The highest BCUT2D eigenvalue weighted by atomic mass is 35.5. The molecule has 0 aliphatic heterocycles. The average Bonchev–Trinajstić information content (AvgIpc) is 2.44. The summed E-state index contributed by atoms with van der Waals surface area (Å²) in [6.07, 6.45) is 1.29. The Morgan fingerprint density at radius 2 is 2.10 bits per heavy atom. The van der Waals surface area contributed by atoms with Crippen molar-refractivity contribution in [1.29, 1.82) is 5.26 Å². The first-order valence-corrected chi connectivity index (χ1v) is 6.43. The molecular weight excluding hydrogens is 278 g/mol. The molecule has 0 bridgehead atoms. The Morgan fingerprint density at radius 3 is 2.70 bits per heavy atom. The zero-order valence-electron chi connectivity index (χ0n) is 10.8. The van der Waals surface area contributed by atoms with Gasteiger partial charge < -0.3 is 0 Å². The van der Waals surface area contributed by atoms with Crippen molar-refractivity contribution in [3.05, 3.63) is 67.4 Å². The van der Waals surface area contributed by atoms with E-state index in [0.29, 0.717) is 11.6 Å². The van der Waals surface area contributed by atoms with Crippen LogP contribution in [0.15, 0.2) is 40.1 Å². The molecule has 0 unspecified atom stereocenters. The lowest BCUT2D eigenvalue weighted by Gasteiger charge is -2.09. The quantitative estimate of drug-likeness (QED) is 0.862. The average molecular weight is 290 g/mol. The molecule has 102 valence electrons. The highest BCUT2D eigenvalue weighted by Crippen LogP contribution is 2.10. The third kappa shape index (κ3) is 2.65. The summed E-state index contributed by atoms with van der Waals surface area (Å²) >= 11 is 5.88. The molecule has 0 saturated heterocycles. The first-order chi connectivity index (χ1) is 9.56. The molecule has 0 aliphatic rings. The van der Waals surface area contributed by atoms with Gasteiger partial charge in [0.1, 0.15) is 11.6 Å². The zero-order valence-corrected chi connectivity index (χ0v) is 11.6. The standard InChI is InChI=1S/C14H12ClN3O2/c1-2-17-9-11(7-16)13(19)18(14(17)20)8-10-4-3-5-12(15)6-10/h3-6,9H,2,8H2,1H3. The number of nitrogens with zero attached hydrogens (tertiary/aromatic N) is 3. The lowest BCUT2D eigenvalue weighted by atomic mass is 10.2. The van der Waals surface area contributed by atoms with Gasteiger partial charge >= 0.3 is 5.69 Å². The fourth-order valence-electron chi connectivity index (χ4n) is 1.91. The lowest BCUT2D eigenvalue weighted by Crippen LogP contribution is -2.40. The summed E-state index contributed by atoms with van der Waals surface area (Å²) in [7, 11) is 0. The predicted molar refractivity (Wildman–Crippen MR) is 75.9 cm³/mol. The molecule has 0 atom stereocenters. The summed E-state index contributed by atoms with van der Waals surface area (Å²) < 4.78 is 2.39. The largest absolute Gasteiger partial charge is 0.331 e. The van der Waals surface area contributed by atoms with E-state index in [1.165, 1.54) is 10.8 Å². The van der Waals surface area contributed by atoms with Gasteiger partial charge in [-0.1, -0.05) is 23.7 Å². The summed E-state index contributed by atoms with van der Waals surface area (Å²) in [4.78, 5) is 24.2. The second-order valence-corrected chi connectivity index (χ2v) is 4.68. The van der Waals surface area contributed by atoms with E-state index < -0.39 is 11.2 Å². The number of hydrogen-bond donors (Lipinski definition) is 0. The lowest BCUT2D eigenvalue weighted by molar-refractivity contribution is 0.597. The van der Waals surface area contributed by atoms with Crippen LogP contribution in [-0.2, 0) is 13.1 Å². The maximum Gasteiger partial charge on any atom is 0.331 e. The molecule has 0 N–H and O–H groups in total. The normalized spacial score (nSPS) is 10.2. The second kappa shape index (κ2) is 5.76. The first-order valence-electron chi connectivity index (χ1n) is 6.05. The van der Waals surface area contributed by atoms with Gasteiger partial charge in [0.05, 0.1) is 6.54 Å². The Morgan fingerprint density at radius 1 is 1.35 bits per heavy atom. The summed E-state index contributed by atoms with van der Waals surface area (Å²) in [5, 5.41) is 9.49. The third-order valence-corrected chi connectivity index (χ3v) is 3.16. The number of hydrogen-bond acceptors (Lipinski definition) is 3. The molecule has 0 aliphatic carbocycles. The van der Waals surface area contributed by atoms with E-state index in [0.717, 1.165) is 10.1 Å². The van der Waals surface area contributed by atoms with E-state index >= 15 is 0 Å². The minimum Gasteiger partial charge on any atom is -0.299 e. The SMILES string of the molecule is CCn1cc(C#N)c(=O)n(Cc2cccc(Cl)c2)c1=O. The first kappa shape index (κ1) is 14.1. The van der Waals surface area contributed by atoms with Crippen LogP contribution >= 0.6 is 11.6 Å². The highest BCUT2D eigenvalue weighted by molar-refractivity contribution is 6.30. The van der Waals surface area contributed by atoms with Gasteiger partial charge in [-0.2, -0.15) is 5.26 Å². The highest BCUT2D eigenvalue weighted by Gasteiger charge is 2.11. The zero-order chi connectivity index (χ0) is 14.7. The molecule has 1 aromatic heterocycles. The molecule has 2 aromatic rings. The van der Waals surface area contributed by atoms with E-state index in [2.05, 4.69) is 0 Å². The van der Waals surface area contributed by atoms with Crippen molar-refractivity contribution in [1.82, 2.24) is 9.13 Å². The minimum absolute atomic E-state index is 0.0477. The van der Waals surface area contributed by atoms with Crippen LogP contribution < -0.4 is 11.2 Å². The van der Waals surface area contributed by atoms with E-state index in [9.17, 15) is 9.59 Å². The van der Waals surface area contributed by atoms with E-state index in [4.69, 9.17) is 16.9 Å². The molecule has 5 nitrogen and oxygen atoms in total. The van der Waals surface area contributed by atoms with Crippen molar-refractivity contribution >= 4 is 11.6 Å². The van der Waals surface area contributed by atoms with Crippen LogP contribution in [0, 0.1) is 11.3 Å². The Hall–Kier alpha value is -2.32. The minimum atomic E-state index is -0.581. The maximum atomic E-state index is 12.2. The summed E-state index contributed by atoms with van der Waals surface area (Å²) in [5.74, 6) is 0. The van der Waals surface area contributed by atoms with Crippen LogP contribution in [0.1, 0.15) is 18.1 Å². The number of aromatic nitrogens is 2. The van der Waals surface area contributed by atoms with E-state index in [-0.39, 0.29) is 12.1 Å². The Bertz CT molecular complexity index is 799. The van der Waals surface area contributed by atoms with Gasteiger partial charge in [-0.3, -0.25) is 13.9 Å². The molecule has 2 rings (SSSR count). The molecule has 0 fully saturated rings. The second-order valence-electron chi connectivity index (χ2n) is 4.24. The molecule has 1 heterocycles. The fraction of sp³-hybridized carbons (Fsp3) is 0.214. The van der Waals surface area contributed by atoms with Crippen LogP contribution in [-0.4, -0.2) is 9.13 Å². The predicted octanol–water partition coefficient (Wildman–Crippen LogP) is 1.60. The molecule has 0 saturated carbocycles. The molecule has 20 heavy (non-hydrogen) atoms. The van der Waals surface area contributed by atoms with Crippen LogP contribution in [0.4, 0.5) is 0 Å². The van der Waals surface area contributed by atoms with Gasteiger partial charge in [0.2, 0.25) is 0 Å². The van der Waals surface area contributed by atoms with E-state index in [1.807, 2.05) is 6.07 Å². The molecular formula is C14H12ClN3O2.